The van der Waals surface area contributed by atoms with Crippen LogP contribution in [0.1, 0.15) is 40.0 Å². The predicted molar refractivity (Wildman–Crippen MR) is 75.7 cm³/mol. The van der Waals surface area contributed by atoms with Crippen LogP contribution in [0.5, 0.6) is 0 Å². The SMILES string of the molecule is CCC(C)N(CC)C(=O)N1CCC(OCC(=O)O)CC1. The Kier molecular flexibility index (Phi) is 6.78. The highest BCUT2D eigenvalue weighted by Gasteiger charge is 2.27. The maximum atomic E-state index is 12.4. The van der Waals surface area contributed by atoms with Crippen LogP contribution < -0.4 is 0 Å². The zero-order valence-corrected chi connectivity index (χ0v) is 12.7. The summed E-state index contributed by atoms with van der Waals surface area (Å²) in [5.41, 5.74) is 0. The Bertz CT molecular complexity index is 327. The van der Waals surface area contributed by atoms with Crippen molar-refractivity contribution in [3.8, 4) is 0 Å². The normalized spacial score (nSPS) is 17.9. The second-order valence-electron chi connectivity index (χ2n) is 5.22. The number of hydrogen-bond donors (Lipinski definition) is 1. The Morgan fingerprint density at radius 2 is 1.95 bits per heavy atom. The molecule has 116 valence electrons. The van der Waals surface area contributed by atoms with E-state index in [1.807, 2.05) is 16.7 Å². The first-order chi connectivity index (χ1) is 9.49. The number of likely N-dealkylation sites (tertiary alicyclic amines) is 1. The number of hydrogen-bond acceptors (Lipinski definition) is 3. The zero-order chi connectivity index (χ0) is 15.1. The molecule has 0 aromatic heterocycles. The Morgan fingerprint density at radius 3 is 2.40 bits per heavy atom. The van der Waals surface area contributed by atoms with Crippen molar-refractivity contribution in [1.82, 2.24) is 9.80 Å². The van der Waals surface area contributed by atoms with Gasteiger partial charge in [-0.3, -0.25) is 0 Å². The maximum Gasteiger partial charge on any atom is 0.329 e. The van der Waals surface area contributed by atoms with Crippen LogP contribution in [-0.2, 0) is 9.53 Å². The third kappa shape index (κ3) is 4.67. The van der Waals surface area contributed by atoms with E-state index in [-0.39, 0.29) is 24.8 Å². The zero-order valence-electron chi connectivity index (χ0n) is 12.7. The highest BCUT2D eigenvalue weighted by atomic mass is 16.5. The van der Waals surface area contributed by atoms with Crippen LogP contribution in [0, 0.1) is 0 Å². The minimum atomic E-state index is -0.947. The van der Waals surface area contributed by atoms with Gasteiger partial charge in [0.05, 0.1) is 6.10 Å². The van der Waals surface area contributed by atoms with Crippen molar-refractivity contribution in [2.24, 2.45) is 0 Å². The van der Waals surface area contributed by atoms with E-state index in [2.05, 4.69) is 13.8 Å². The lowest BCUT2D eigenvalue weighted by atomic mass is 10.1. The minimum absolute atomic E-state index is 0.0474. The fourth-order valence-corrected chi connectivity index (χ4v) is 2.44. The first kappa shape index (κ1) is 16.8. The number of carbonyl (C=O) groups excluding carboxylic acids is 1. The number of carbonyl (C=O) groups is 2. The standard InChI is InChI=1S/C14H26N2O4/c1-4-11(3)16(5-2)14(19)15-8-6-12(7-9-15)20-10-13(17)18/h11-12H,4-10H2,1-3H3,(H,17,18). The van der Waals surface area contributed by atoms with Crippen LogP contribution in [0.25, 0.3) is 0 Å². The molecule has 1 rings (SSSR count). The summed E-state index contributed by atoms with van der Waals surface area (Å²) in [6.07, 6.45) is 2.31. The van der Waals surface area contributed by atoms with Gasteiger partial charge in [-0.15, -0.1) is 0 Å². The van der Waals surface area contributed by atoms with Crippen LogP contribution >= 0.6 is 0 Å². The second-order valence-corrected chi connectivity index (χ2v) is 5.22. The fraction of sp³-hybridized carbons (Fsp3) is 0.857. The monoisotopic (exact) mass is 286 g/mol. The van der Waals surface area contributed by atoms with E-state index in [9.17, 15) is 9.59 Å². The summed E-state index contributed by atoms with van der Waals surface area (Å²) in [5.74, 6) is -0.947. The molecule has 1 aliphatic heterocycles. The van der Waals surface area contributed by atoms with Gasteiger partial charge in [0.25, 0.3) is 0 Å². The summed E-state index contributed by atoms with van der Waals surface area (Å²) in [5, 5.41) is 8.58. The van der Waals surface area contributed by atoms with E-state index in [1.165, 1.54) is 0 Å². The Hall–Kier alpha value is -1.30. The summed E-state index contributed by atoms with van der Waals surface area (Å²) in [6, 6.07) is 0.326. The van der Waals surface area contributed by atoms with Gasteiger partial charge in [0.1, 0.15) is 6.61 Å². The number of carboxylic acid groups (broad SMARTS) is 1. The molecule has 1 fully saturated rings. The average Bonchev–Trinajstić information content (AvgIpc) is 2.45. The summed E-state index contributed by atoms with van der Waals surface area (Å²) in [4.78, 5) is 26.6. The molecule has 0 saturated carbocycles. The molecular formula is C14H26N2O4. The molecule has 6 heteroatoms. The lowest BCUT2D eigenvalue weighted by Gasteiger charge is -2.37. The molecule has 1 atom stereocenters. The first-order valence-corrected chi connectivity index (χ1v) is 7.38. The largest absolute Gasteiger partial charge is 0.480 e. The minimum Gasteiger partial charge on any atom is -0.480 e. The number of carboxylic acids is 1. The molecule has 6 nitrogen and oxygen atoms in total. The predicted octanol–water partition coefficient (Wildman–Crippen LogP) is 1.79. The van der Waals surface area contributed by atoms with Crippen molar-refractivity contribution < 1.29 is 19.4 Å². The van der Waals surface area contributed by atoms with Crippen LogP contribution in [0.15, 0.2) is 0 Å². The van der Waals surface area contributed by atoms with Crippen molar-refractivity contribution in [3.05, 3.63) is 0 Å². The maximum absolute atomic E-state index is 12.4. The molecule has 1 saturated heterocycles. The van der Waals surface area contributed by atoms with E-state index in [0.29, 0.717) is 32.5 Å². The molecule has 1 heterocycles. The van der Waals surface area contributed by atoms with Gasteiger partial charge in [0, 0.05) is 25.7 Å². The van der Waals surface area contributed by atoms with Gasteiger partial charge in [-0.25, -0.2) is 9.59 Å². The summed E-state index contributed by atoms with van der Waals surface area (Å²) >= 11 is 0. The van der Waals surface area contributed by atoms with Gasteiger partial charge < -0.3 is 19.6 Å². The van der Waals surface area contributed by atoms with Crippen molar-refractivity contribution in [2.45, 2.75) is 52.2 Å². The third-order valence-corrected chi connectivity index (χ3v) is 3.86. The molecule has 1 N–H and O–H groups in total. The number of rotatable bonds is 6. The molecule has 0 aromatic rings. The molecule has 0 aliphatic carbocycles. The topological polar surface area (TPSA) is 70.1 Å². The quantitative estimate of drug-likeness (QED) is 0.808. The van der Waals surface area contributed by atoms with E-state index in [0.717, 1.165) is 6.42 Å². The van der Waals surface area contributed by atoms with Crippen molar-refractivity contribution >= 4 is 12.0 Å². The molecule has 2 amide bonds. The Balaban J connectivity index is 2.43. The van der Waals surface area contributed by atoms with Gasteiger partial charge in [0.2, 0.25) is 0 Å². The highest BCUT2D eigenvalue weighted by molar-refractivity contribution is 5.74. The lowest BCUT2D eigenvalue weighted by molar-refractivity contribution is -0.145. The molecular weight excluding hydrogens is 260 g/mol. The van der Waals surface area contributed by atoms with E-state index in [4.69, 9.17) is 9.84 Å². The van der Waals surface area contributed by atoms with Gasteiger partial charge in [-0.2, -0.15) is 0 Å². The molecule has 20 heavy (non-hydrogen) atoms. The molecule has 0 spiro atoms. The van der Waals surface area contributed by atoms with Crippen molar-refractivity contribution in [2.75, 3.05) is 26.2 Å². The molecule has 0 aromatic carbocycles. The Morgan fingerprint density at radius 1 is 1.35 bits per heavy atom. The highest BCUT2D eigenvalue weighted by Crippen LogP contribution is 2.16. The van der Waals surface area contributed by atoms with E-state index in [1.54, 1.807) is 0 Å². The average molecular weight is 286 g/mol. The molecule has 1 aliphatic rings. The number of ether oxygens (including phenoxy) is 1. The number of nitrogens with zero attached hydrogens (tertiary/aromatic N) is 2. The number of urea groups is 1. The molecule has 0 bridgehead atoms. The van der Waals surface area contributed by atoms with Gasteiger partial charge in [0.15, 0.2) is 0 Å². The third-order valence-electron chi connectivity index (χ3n) is 3.86. The summed E-state index contributed by atoms with van der Waals surface area (Å²) in [6.45, 7) is 7.85. The Labute approximate surface area is 120 Å². The smallest absolute Gasteiger partial charge is 0.329 e. The second kappa shape index (κ2) is 8.09. The lowest BCUT2D eigenvalue weighted by Crippen LogP contribution is -2.50. The molecule has 1 unspecified atom stereocenters. The number of piperidine rings is 1. The molecule has 0 radical (unpaired) electrons. The van der Waals surface area contributed by atoms with E-state index < -0.39 is 5.97 Å². The fourth-order valence-electron chi connectivity index (χ4n) is 2.44. The van der Waals surface area contributed by atoms with Gasteiger partial charge >= 0.3 is 12.0 Å². The van der Waals surface area contributed by atoms with Gasteiger partial charge in [-0.05, 0) is 33.1 Å². The summed E-state index contributed by atoms with van der Waals surface area (Å²) < 4.78 is 5.28. The van der Waals surface area contributed by atoms with Crippen LogP contribution in [-0.4, -0.2) is 65.3 Å². The van der Waals surface area contributed by atoms with Crippen molar-refractivity contribution in [3.63, 3.8) is 0 Å². The summed E-state index contributed by atoms with van der Waals surface area (Å²) in [7, 11) is 0. The number of amides is 2. The number of aliphatic carboxylic acids is 1. The van der Waals surface area contributed by atoms with Crippen molar-refractivity contribution in [1.29, 1.82) is 0 Å². The van der Waals surface area contributed by atoms with E-state index >= 15 is 0 Å². The van der Waals surface area contributed by atoms with Crippen LogP contribution in [0.2, 0.25) is 0 Å². The van der Waals surface area contributed by atoms with Crippen LogP contribution in [0.3, 0.4) is 0 Å². The van der Waals surface area contributed by atoms with Crippen LogP contribution in [0.4, 0.5) is 4.79 Å². The van der Waals surface area contributed by atoms with Gasteiger partial charge in [-0.1, -0.05) is 6.92 Å². The first-order valence-electron chi connectivity index (χ1n) is 7.38.